The van der Waals surface area contributed by atoms with E-state index in [1.807, 2.05) is 43.3 Å². The van der Waals surface area contributed by atoms with Crippen LogP contribution >= 0.6 is 0 Å². The number of carboxylic acids is 1. The summed E-state index contributed by atoms with van der Waals surface area (Å²) in [5.41, 5.74) is 0.914. The molecule has 0 spiro atoms. The number of aliphatic carboxylic acids is 1. The lowest BCUT2D eigenvalue weighted by Crippen LogP contribution is -2.65. The van der Waals surface area contributed by atoms with Crippen molar-refractivity contribution in [2.24, 2.45) is 50.2 Å². The molecule has 0 saturated heterocycles. The highest BCUT2D eigenvalue weighted by Gasteiger charge is 2.69. The van der Waals surface area contributed by atoms with Crippen molar-refractivity contribution >= 4 is 17.7 Å². The minimum Gasteiger partial charge on any atom is -0.480 e. The zero-order valence-electron chi connectivity index (χ0n) is 28.6. The van der Waals surface area contributed by atoms with Crippen LogP contribution in [0.3, 0.4) is 0 Å². The minimum absolute atomic E-state index is 0.000261. The Morgan fingerprint density at radius 1 is 0.911 bits per heavy atom. The fraction of sp³-hybridized carbons (Fsp3) is 0.718. The van der Waals surface area contributed by atoms with Gasteiger partial charge in [0.2, 0.25) is 0 Å². The lowest BCUT2D eigenvalue weighted by atomic mass is 9.33. The van der Waals surface area contributed by atoms with Crippen LogP contribution in [0.5, 0.6) is 0 Å². The van der Waals surface area contributed by atoms with Crippen LogP contribution in [0.15, 0.2) is 42.0 Å². The van der Waals surface area contributed by atoms with Crippen LogP contribution in [0.25, 0.3) is 0 Å². The molecule has 4 fully saturated rings. The van der Waals surface area contributed by atoms with E-state index < -0.39 is 23.3 Å². The molecule has 45 heavy (non-hydrogen) atoms. The molecule has 0 aliphatic heterocycles. The van der Waals surface area contributed by atoms with Gasteiger partial charge in [0.05, 0.1) is 0 Å². The van der Waals surface area contributed by atoms with Gasteiger partial charge in [0.1, 0.15) is 0 Å². The van der Waals surface area contributed by atoms with Gasteiger partial charge in [0.15, 0.2) is 11.8 Å². The summed E-state index contributed by atoms with van der Waals surface area (Å²) < 4.78 is 0. The number of allylic oxidation sites excluding steroid dienone is 2. The van der Waals surface area contributed by atoms with E-state index in [1.165, 1.54) is 18.4 Å². The number of rotatable bonds is 5. The Balaban J connectivity index is 1.34. The smallest absolute Gasteiger partial charge is 0.329 e. The van der Waals surface area contributed by atoms with Crippen molar-refractivity contribution in [1.82, 2.24) is 5.06 Å². The van der Waals surface area contributed by atoms with Crippen LogP contribution in [0.2, 0.25) is 0 Å². The normalized spacial score (nSPS) is 42.6. The maximum atomic E-state index is 14.6. The van der Waals surface area contributed by atoms with Crippen molar-refractivity contribution in [2.45, 2.75) is 125 Å². The second kappa shape index (κ2) is 10.5. The standard InChI is InChI=1S/C39H55NO5/c1-34(2)15-11-16-37(5)30(34)14-17-39(7)31(37)29(41)23-26-27-24-36(4,19-18-35(27,3)20-21-38(26,39)6)33(44)40(45)28(32(42)43)22-25-12-9-8-10-13-25/h8-10,12-13,23,27-28,30-31,45H,11,14-22,24H2,1-7H3,(H,42,43)/t27-,28-,30?,31?,35+,36?,37-,38+,39+/m0/s1. The molecule has 1 aromatic rings. The Morgan fingerprint density at radius 2 is 1.58 bits per heavy atom. The Hall–Kier alpha value is -2.47. The molecule has 9 atom stereocenters. The van der Waals surface area contributed by atoms with Gasteiger partial charge in [-0.15, -0.1) is 0 Å². The van der Waals surface area contributed by atoms with Crippen LogP contribution < -0.4 is 0 Å². The number of fused-ring (bicyclic) bond motifs is 7. The third-order valence-corrected chi connectivity index (χ3v) is 14.9. The average molecular weight is 618 g/mol. The van der Waals surface area contributed by atoms with E-state index in [-0.39, 0.29) is 51.1 Å². The third kappa shape index (κ3) is 4.70. The van der Waals surface area contributed by atoms with E-state index >= 15 is 0 Å². The second-order valence-electron chi connectivity index (χ2n) is 17.8. The fourth-order valence-electron chi connectivity index (χ4n) is 12.0. The van der Waals surface area contributed by atoms with E-state index in [2.05, 4.69) is 41.5 Å². The van der Waals surface area contributed by atoms with Gasteiger partial charge in [0.25, 0.3) is 5.91 Å². The molecule has 3 unspecified atom stereocenters. The summed E-state index contributed by atoms with van der Waals surface area (Å²) in [6, 6.07) is 7.77. The molecule has 0 bridgehead atoms. The monoisotopic (exact) mass is 617 g/mol. The molecular weight excluding hydrogens is 562 g/mol. The van der Waals surface area contributed by atoms with Crippen molar-refractivity contribution in [3.63, 3.8) is 0 Å². The molecule has 6 rings (SSSR count). The van der Waals surface area contributed by atoms with E-state index in [1.54, 1.807) is 0 Å². The highest BCUT2D eigenvalue weighted by atomic mass is 16.5. The molecule has 1 amide bonds. The number of carbonyl (C=O) groups is 3. The second-order valence-corrected chi connectivity index (χ2v) is 17.8. The molecule has 6 nitrogen and oxygen atoms in total. The van der Waals surface area contributed by atoms with Gasteiger partial charge in [-0.3, -0.25) is 14.8 Å². The van der Waals surface area contributed by atoms with Gasteiger partial charge in [0, 0.05) is 17.8 Å². The minimum atomic E-state index is -1.37. The summed E-state index contributed by atoms with van der Waals surface area (Å²) in [5, 5.41) is 21.8. The predicted molar refractivity (Wildman–Crippen MR) is 174 cm³/mol. The molecule has 0 heterocycles. The Labute approximate surface area is 270 Å². The van der Waals surface area contributed by atoms with E-state index in [0.717, 1.165) is 44.1 Å². The first kappa shape index (κ1) is 32.5. The zero-order chi connectivity index (χ0) is 32.8. The first-order valence-corrected chi connectivity index (χ1v) is 17.5. The van der Waals surface area contributed by atoms with Gasteiger partial charge < -0.3 is 5.11 Å². The molecule has 1 aromatic carbocycles. The van der Waals surface area contributed by atoms with Crippen LogP contribution in [-0.2, 0) is 20.8 Å². The molecule has 0 aromatic heterocycles. The molecule has 4 saturated carbocycles. The van der Waals surface area contributed by atoms with Crippen molar-refractivity contribution in [3.8, 4) is 0 Å². The van der Waals surface area contributed by atoms with Crippen molar-refractivity contribution in [2.75, 3.05) is 0 Å². The van der Waals surface area contributed by atoms with Crippen LogP contribution in [-0.4, -0.2) is 39.1 Å². The maximum Gasteiger partial charge on any atom is 0.329 e. The van der Waals surface area contributed by atoms with Crippen molar-refractivity contribution in [1.29, 1.82) is 0 Å². The largest absolute Gasteiger partial charge is 0.480 e. The van der Waals surface area contributed by atoms with Gasteiger partial charge in [-0.2, -0.15) is 0 Å². The summed E-state index contributed by atoms with van der Waals surface area (Å²) >= 11 is 0. The zero-order valence-corrected chi connectivity index (χ0v) is 28.6. The third-order valence-electron chi connectivity index (χ3n) is 14.9. The first-order valence-electron chi connectivity index (χ1n) is 17.5. The molecular formula is C39H55NO5. The number of nitrogens with zero attached hydrogens (tertiary/aromatic N) is 1. The van der Waals surface area contributed by atoms with Crippen LogP contribution in [0.4, 0.5) is 0 Å². The highest BCUT2D eigenvalue weighted by molar-refractivity contribution is 5.96. The summed E-state index contributed by atoms with van der Waals surface area (Å²) in [6.07, 6.45) is 11.8. The number of amides is 1. The molecule has 246 valence electrons. The van der Waals surface area contributed by atoms with Gasteiger partial charge in [-0.05, 0) is 108 Å². The lowest BCUT2D eigenvalue weighted by Gasteiger charge is -2.70. The lowest BCUT2D eigenvalue weighted by molar-refractivity contribution is -0.200. The summed E-state index contributed by atoms with van der Waals surface area (Å²) in [7, 11) is 0. The number of carboxylic acid groups (broad SMARTS) is 1. The van der Waals surface area contributed by atoms with Crippen LogP contribution in [0.1, 0.15) is 118 Å². The van der Waals surface area contributed by atoms with Crippen molar-refractivity contribution < 1.29 is 24.7 Å². The van der Waals surface area contributed by atoms with Crippen molar-refractivity contribution in [3.05, 3.63) is 47.5 Å². The van der Waals surface area contributed by atoms with Gasteiger partial charge in [-0.25, -0.2) is 9.86 Å². The number of carbonyl (C=O) groups excluding carboxylic acids is 2. The van der Waals surface area contributed by atoms with Crippen LogP contribution in [0, 0.1) is 50.2 Å². The first-order chi connectivity index (χ1) is 20.9. The maximum absolute atomic E-state index is 14.6. The molecule has 5 aliphatic carbocycles. The Morgan fingerprint density at radius 3 is 2.24 bits per heavy atom. The van der Waals surface area contributed by atoms with E-state index in [4.69, 9.17) is 0 Å². The van der Waals surface area contributed by atoms with E-state index in [0.29, 0.717) is 23.8 Å². The SMILES string of the molecule is CC1(C(=O)N(O)[C@@H](Cc2ccccc2)C(=O)O)CC[C@]2(C)CC[C@]3(C)C(=CC(=O)C4[C@@]5(C)CCCC(C)(C)C5CC[C@]43C)[C@@H]2C1. The Bertz CT molecular complexity index is 1420. The number of hydrogen-bond donors (Lipinski definition) is 2. The number of ketones is 1. The Kier molecular flexibility index (Phi) is 7.59. The van der Waals surface area contributed by atoms with Gasteiger partial charge >= 0.3 is 5.97 Å². The van der Waals surface area contributed by atoms with Gasteiger partial charge in [-0.1, -0.05) is 90.8 Å². The average Bonchev–Trinajstić information content (AvgIpc) is 2.97. The number of hydrogen-bond acceptors (Lipinski definition) is 4. The molecule has 5 aliphatic rings. The highest BCUT2D eigenvalue weighted by Crippen LogP contribution is 2.75. The molecule has 2 N–H and O–H groups in total. The number of hydroxylamine groups is 2. The summed E-state index contributed by atoms with van der Waals surface area (Å²) in [6.45, 7) is 16.3. The molecule has 6 heteroatoms. The summed E-state index contributed by atoms with van der Waals surface area (Å²) in [5.74, 6) is -0.893. The summed E-state index contributed by atoms with van der Waals surface area (Å²) in [4.78, 5) is 41.0. The fourth-order valence-corrected chi connectivity index (χ4v) is 12.0. The predicted octanol–water partition coefficient (Wildman–Crippen LogP) is 8.27. The molecule has 0 radical (unpaired) electrons. The number of benzene rings is 1. The quantitative estimate of drug-likeness (QED) is 0.256. The topological polar surface area (TPSA) is 94.9 Å². The van der Waals surface area contributed by atoms with E-state index in [9.17, 15) is 24.7 Å².